The molecule has 0 spiro atoms. The fourth-order valence-corrected chi connectivity index (χ4v) is 2.35. The minimum absolute atomic E-state index is 0.0424. The van der Waals surface area contributed by atoms with Crippen LogP contribution in [-0.2, 0) is 4.79 Å². The molecule has 1 aromatic carbocycles. The summed E-state index contributed by atoms with van der Waals surface area (Å²) in [6.45, 7) is 1.67. The van der Waals surface area contributed by atoms with E-state index in [4.69, 9.17) is 9.47 Å². The van der Waals surface area contributed by atoms with Crippen molar-refractivity contribution in [2.24, 2.45) is 0 Å². The molecule has 1 heterocycles. The third-order valence-electron chi connectivity index (χ3n) is 3.60. The SMILES string of the molecule is CNC1CCCN(C(=O)COc2ccc(OC)cc2)C1. The number of piperidine rings is 1. The van der Waals surface area contributed by atoms with Crippen LogP contribution in [0.2, 0.25) is 0 Å². The van der Waals surface area contributed by atoms with E-state index in [9.17, 15) is 4.79 Å². The van der Waals surface area contributed by atoms with Crippen molar-refractivity contribution in [3.63, 3.8) is 0 Å². The zero-order valence-corrected chi connectivity index (χ0v) is 12.1. The Bertz CT molecular complexity index is 433. The molecule has 1 amide bonds. The summed E-state index contributed by atoms with van der Waals surface area (Å²) in [5, 5.41) is 3.23. The maximum absolute atomic E-state index is 12.1. The van der Waals surface area contributed by atoms with E-state index in [1.54, 1.807) is 19.2 Å². The number of nitrogens with zero attached hydrogens (tertiary/aromatic N) is 1. The molecule has 1 atom stereocenters. The zero-order chi connectivity index (χ0) is 14.4. The van der Waals surface area contributed by atoms with Crippen LogP contribution >= 0.6 is 0 Å². The lowest BCUT2D eigenvalue weighted by atomic mass is 10.1. The predicted octanol–water partition coefficient (Wildman–Crippen LogP) is 1.28. The van der Waals surface area contributed by atoms with Crippen LogP contribution in [-0.4, -0.2) is 50.7 Å². The predicted molar refractivity (Wildman–Crippen MR) is 77.2 cm³/mol. The van der Waals surface area contributed by atoms with Crippen molar-refractivity contribution in [1.29, 1.82) is 0 Å². The molecule has 1 aliphatic rings. The van der Waals surface area contributed by atoms with Gasteiger partial charge in [-0.05, 0) is 44.2 Å². The largest absolute Gasteiger partial charge is 0.497 e. The topological polar surface area (TPSA) is 50.8 Å². The fourth-order valence-electron chi connectivity index (χ4n) is 2.35. The van der Waals surface area contributed by atoms with Crippen molar-refractivity contribution in [1.82, 2.24) is 10.2 Å². The molecule has 0 radical (unpaired) electrons. The van der Waals surface area contributed by atoms with Crippen molar-refractivity contribution < 1.29 is 14.3 Å². The summed E-state index contributed by atoms with van der Waals surface area (Å²) >= 11 is 0. The standard InChI is InChI=1S/C15H22N2O3/c1-16-12-4-3-9-17(10-12)15(18)11-20-14-7-5-13(19-2)6-8-14/h5-8,12,16H,3-4,9-11H2,1-2H3. The molecule has 5 nitrogen and oxygen atoms in total. The third-order valence-corrected chi connectivity index (χ3v) is 3.60. The van der Waals surface area contributed by atoms with Crippen LogP contribution < -0.4 is 14.8 Å². The third kappa shape index (κ3) is 3.87. The maximum atomic E-state index is 12.1. The lowest BCUT2D eigenvalue weighted by molar-refractivity contribution is -0.134. The van der Waals surface area contributed by atoms with E-state index < -0.39 is 0 Å². The molecule has 0 saturated carbocycles. The van der Waals surface area contributed by atoms with Gasteiger partial charge in [-0.2, -0.15) is 0 Å². The number of carbonyl (C=O) groups is 1. The van der Waals surface area contributed by atoms with Crippen LogP contribution in [0.1, 0.15) is 12.8 Å². The number of rotatable bonds is 5. The summed E-state index contributed by atoms with van der Waals surface area (Å²) in [6, 6.07) is 7.64. The second-order valence-corrected chi connectivity index (χ2v) is 4.93. The first-order valence-electron chi connectivity index (χ1n) is 6.95. The molecule has 1 N–H and O–H groups in total. The second kappa shape index (κ2) is 7.14. The molecule has 110 valence electrons. The van der Waals surface area contributed by atoms with Gasteiger partial charge in [0, 0.05) is 19.1 Å². The van der Waals surface area contributed by atoms with Gasteiger partial charge in [0.1, 0.15) is 11.5 Å². The Morgan fingerprint density at radius 2 is 2.05 bits per heavy atom. The smallest absolute Gasteiger partial charge is 0.260 e. The molecular weight excluding hydrogens is 256 g/mol. The highest BCUT2D eigenvalue weighted by Crippen LogP contribution is 2.17. The average Bonchev–Trinajstić information content (AvgIpc) is 2.53. The normalized spacial score (nSPS) is 18.7. The number of methoxy groups -OCH3 is 1. The summed E-state index contributed by atoms with van der Waals surface area (Å²) < 4.78 is 10.6. The molecular formula is C15H22N2O3. The average molecular weight is 278 g/mol. The highest BCUT2D eigenvalue weighted by atomic mass is 16.5. The summed E-state index contributed by atoms with van der Waals surface area (Å²) in [6.07, 6.45) is 2.17. The number of carbonyl (C=O) groups excluding carboxylic acids is 1. The van der Waals surface area contributed by atoms with E-state index in [2.05, 4.69) is 5.32 Å². The van der Waals surface area contributed by atoms with Gasteiger partial charge in [-0.1, -0.05) is 0 Å². The van der Waals surface area contributed by atoms with Gasteiger partial charge in [-0.3, -0.25) is 4.79 Å². The van der Waals surface area contributed by atoms with Crippen LogP contribution in [0, 0.1) is 0 Å². The van der Waals surface area contributed by atoms with Crippen molar-refractivity contribution in [2.75, 3.05) is 33.9 Å². The van der Waals surface area contributed by atoms with Crippen molar-refractivity contribution in [3.8, 4) is 11.5 Å². The molecule has 0 aliphatic carbocycles. The van der Waals surface area contributed by atoms with E-state index in [1.807, 2.05) is 24.1 Å². The Hall–Kier alpha value is -1.75. The Kier molecular flexibility index (Phi) is 5.24. The van der Waals surface area contributed by atoms with Crippen LogP contribution in [0.3, 0.4) is 0 Å². The van der Waals surface area contributed by atoms with Crippen molar-refractivity contribution in [2.45, 2.75) is 18.9 Å². The van der Waals surface area contributed by atoms with Gasteiger partial charge in [0.15, 0.2) is 6.61 Å². The maximum Gasteiger partial charge on any atom is 0.260 e. The van der Waals surface area contributed by atoms with E-state index in [0.29, 0.717) is 11.8 Å². The van der Waals surface area contributed by atoms with E-state index in [1.165, 1.54) is 0 Å². The summed E-state index contributed by atoms with van der Waals surface area (Å²) in [5.74, 6) is 1.50. The number of benzene rings is 1. The Balaban J connectivity index is 1.81. The molecule has 1 saturated heterocycles. The molecule has 0 aromatic heterocycles. The van der Waals surface area contributed by atoms with Gasteiger partial charge in [0.2, 0.25) is 0 Å². The minimum atomic E-state index is 0.0424. The number of ether oxygens (including phenoxy) is 2. The Morgan fingerprint density at radius 3 is 2.70 bits per heavy atom. The van der Waals surface area contributed by atoms with Gasteiger partial charge in [-0.15, -0.1) is 0 Å². The summed E-state index contributed by atoms with van der Waals surface area (Å²) in [5.41, 5.74) is 0. The monoisotopic (exact) mass is 278 g/mol. The first kappa shape index (κ1) is 14.7. The number of likely N-dealkylation sites (tertiary alicyclic amines) is 1. The molecule has 5 heteroatoms. The molecule has 2 rings (SSSR count). The molecule has 1 fully saturated rings. The molecule has 20 heavy (non-hydrogen) atoms. The quantitative estimate of drug-likeness (QED) is 0.881. The second-order valence-electron chi connectivity index (χ2n) is 4.93. The van der Waals surface area contributed by atoms with Gasteiger partial charge < -0.3 is 19.7 Å². The first-order valence-corrected chi connectivity index (χ1v) is 6.95. The van der Waals surface area contributed by atoms with Crippen molar-refractivity contribution in [3.05, 3.63) is 24.3 Å². The molecule has 1 aromatic rings. The number of nitrogens with one attached hydrogen (secondary N) is 1. The highest BCUT2D eigenvalue weighted by Gasteiger charge is 2.22. The van der Waals surface area contributed by atoms with Crippen LogP contribution in [0.25, 0.3) is 0 Å². The fraction of sp³-hybridized carbons (Fsp3) is 0.533. The van der Waals surface area contributed by atoms with E-state index in [-0.39, 0.29) is 12.5 Å². The number of hydrogen-bond donors (Lipinski definition) is 1. The lowest BCUT2D eigenvalue weighted by Crippen LogP contribution is -2.48. The summed E-state index contributed by atoms with van der Waals surface area (Å²) in [7, 11) is 3.56. The van der Waals surface area contributed by atoms with Crippen LogP contribution in [0.15, 0.2) is 24.3 Å². The minimum Gasteiger partial charge on any atom is -0.497 e. The van der Waals surface area contributed by atoms with Gasteiger partial charge in [0.05, 0.1) is 7.11 Å². The van der Waals surface area contributed by atoms with E-state index in [0.717, 1.165) is 31.7 Å². The Morgan fingerprint density at radius 1 is 1.35 bits per heavy atom. The van der Waals surface area contributed by atoms with Gasteiger partial charge in [0.25, 0.3) is 5.91 Å². The molecule has 1 aliphatic heterocycles. The Labute approximate surface area is 119 Å². The van der Waals surface area contributed by atoms with Crippen LogP contribution in [0.5, 0.6) is 11.5 Å². The molecule has 1 unspecified atom stereocenters. The first-order chi connectivity index (χ1) is 9.72. The lowest BCUT2D eigenvalue weighted by Gasteiger charge is -2.32. The van der Waals surface area contributed by atoms with E-state index >= 15 is 0 Å². The number of hydrogen-bond acceptors (Lipinski definition) is 4. The van der Waals surface area contributed by atoms with Crippen molar-refractivity contribution >= 4 is 5.91 Å². The van der Waals surface area contributed by atoms with Crippen LogP contribution in [0.4, 0.5) is 0 Å². The summed E-state index contributed by atoms with van der Waals surface area (Å²) in [4.78, 5) is 14.0. The van der Waals surface area contributed by atoms with Gasteiger partial charge >= 0.3 is 0 Å². The molecule has 0 bridgehead atoms. The number of amides is 1. The van der Waals surface area contributed by atoms with Gasteiger partial charge in [-0.25, -0.2) is 0 Å². The number of likely N-dealkylation sites (N-methyl/N-ethyl adjacent to an activating group) is 1. The zero-order valence-electron chi connectivity index (χ0n) is 12.1. The highest BCUT2D eigenvalue weighted by molar-refractivity contribution is 5.77.